The molecule has 0 saturated heterocycles. The van der Waals surface area contributed by atoms with Crippen molar-refractivity contribution in [2.75, 3.05) is 5.73 Å². The Bertz CT molecular complexity index is 1050. The second kappa shape index (κ2) is 4.70. The summed E-state index contributed by atoms with van der Waals surface area (Å²) in [5.74, 6) is 0.176. The lowest BCUT2D eigenvalue weighted by molar-refractivity contribution is 0.0224. The van der Waals surface area contributed by atoms with Crippen LogP contribution in [0.3, 0.4) is 0 Å². The van der Waals surface area contributed by atoms with E-state index in [9.17, 15) is 15.0 Å². The van der Waals surface area contributed by atoms with Crippen molar-refractivity contribution in [1.29, 1.82) is 0 Å². The Kier molecular flexibility index (Phi) is 2.65. The third-order valence-corrected chi connectivity index (χ3v) is 4.83. The van der Waals surface area contributed by atoms with Gasteiger partial charge < -0.3 is 25.4 Å². The molecule has 0 unspecified atom stereocenters. The Balaban J connectivity index is 1.92. The maximum atomic E-state index is 12.7. The molecule has 26 heavy (non-hydrogen) atoms. The zero-order valence-corrected chi connectivity index (χ0v) is 13.4. The van der Waals surface area contributed by atoms with E-state index in [1.807, 2.05) is 0 Å². The van der Waals surface area contributed by atoms with Gasteiger partial charge >= 0.3 is 5.97 Å². The number of fused-ring (bicyclic) bond motifs is 6. The summed E-state index contributed by atoms with van der Waals surface area (Å²) in [7, 11) is 0. The van der Waals surface area contributed by atoms with Crippen molar-refractivity contribution in [3.05, 3.63) is 76.9 Å². The molecule has 2 aliphatic heterocycles. The average Bonchev–Trinajstić information content (AvgIpc) is 2.89. The Labute approximate surface area is 148 Å². The molecule has 3 aromatic rings. The first-order chi connectivity index (χ1) is 12.5. The maximum absolute atomic E-state index is 12.7. The smallest absolute Gasteiger partial charge is 0.342 e. The lowest BCUT2D eigenvalue weighted by Crippen LogP contribution is -2.32. The largest absolute Gasteiger partial charge is 0.508 e. The molecule has 0 atom stereocenters. The third-order valence-electron chi connectivity index (χ3n) is 4.83. The molecular weight excluding hydrogens is 334 g/mol. The van der Waals surface area contributed by atoms with E-state index in [-0.39, 0.29) is 11.5 Å². The highest BCUT2D eigenvalue weighted by molar-refractivity contribution is 6.01. The fraction of sp³-hybridized carbons (Fsp3) is 0.0500. The molecule has 0 aromatic heterocycles. The zero-order valence-electron chi connectivity index (χ0n) is 13.4. The molecule has 2 aliphatic rings. The van der Waals surface area contributed by atoms with Crippen LogP contribution in [0.15, 0.2) is 54.6 Å². The molecule has 0 bridgehead atoms. The zero-order chi connectivity index (χ0) is 18.1. The molecule has 2 heterocycles. The minimum absolute atomic E-state index is 0.0135. The van der Waals surface area contributed by atoms with E-state index < -0.39 is 11.6 Å². The number of anilines is 1. The van der Waals surface area contributed by atoms with Gasteiger partial charge in [0.2, 0.25) is 0 Å². The Morgan fingerprint density at radius 1 is 0.846 bits per heavy atom. The molecule has 3 aromatic carbocycles. The van der Waals surface area contributed by atoms with E-state index in [0.29, 0.717) is 39.4 Å². The molecule has 128 valence electrons. The van der Waals surface area contributed by atoms with Gasteiger partial charge in [-0.15, -0.1) is 0 Å². The van der Waals surface area contributed by atoms with Gasteiger partial charge in [0.05, 0.1) is 5.56 Å². The Morgan fingerprint density at radius 2 is 1.46 bits per heavy atom. The van der Waals surface area contributed by atoms with Crippen LogP contribution < -0.4 is 10.5 Å². The summed E-state index contributed by atoms with van der Waals surface area (Å²) in [5.41, 5.74) is 7.17. The van der Waals surface area contributed by atoms with Crippen molar-refractivity contribution < 1.29 is 24.5 Å². The number of rotatable bonds is 0. The SMILES string of the molecule is Nc1cccc2c1C(=O)OC21c2ccc(O)cc2Oc2cc(O)ccc21. The number of aromatic hydroxyl groups is 2. The molecule has 6 nitrogen and oxygen atoms in total. The summed E-state index contributed by atoms with van der Waals surface area (Å²) in [6.45, 7) is 0. The van der Waals surface area contributed by atoms with Crippen LogP contribution in [0.4, 0.5) is 5.69 Å². The predicted molar refractivity (Wildman–Crippen MR) is 92.4 cm³/mol. The van der Waals surface area contributed by atoms with Gasteiger partial charge in [-0.05, 0) is 30.3 Å². The fourth-order valence-corrected chi connectivity index (χ4v) is 3.77. The van der Waals surface area contributed by atoms with E-state index in [2.05, 4.69) is 0 Å². The minimum Gasteiger partial charge on any atom is -0.508 e. The quantitative estimate of drug-likeness (QED) is 0.426. The standard InChI is InChI=1S/C20H13NO5/c21-15-3-1-2-14-18(15)19(24)26-20(14)12-6-4-10(22)8-16(12)25-17-9-11(23)5-7-13(17)20/h1-9,22-23H,21H2. The van der Waals surface area contributed by atoms with Crippen molar-refractivity contribution >= 4 is 11.7 Å². The number of phenolic OH excluding ortho intramolecular Hbond substituents is 2. The van der Waals surface area contributed by atoms with Gasteiger partial charge in [0.1, 0.15) is 23.0 Å². The Morgan fingerprint density at radius 3 is 2.08 bits per heavy atom. The van der Waals surface area contributed by atoms with E-state index in [4.69, 9.17) is 15.2 Å². The van der Waals surface area contributed by atoms with Gasteiger partial charge in [-0.1, -0.05) is 12.1 Å². The molecule has 0 fully saturated rings. The van der Waals surface area contributed by atoms with Crippen LogP contribution in [0.1, 0.15) is 27.0 Å². The van der Waals surface area contributed by atoms with Gasteiger partial charge in [0, 0.05) is 34.5 Å². The number of nitrogens with two attached hydrogens (primary N) is 1. The number of carbonyl (C=O) groups is 1. The summed E-state index contributed by atoms with van der Waals surface area (Å²) in [5, 5.41) is 19.7. The lowest BCUT2D eigenvalue weighted by Gasteiger charge is -2.36. The number of carbonyl (C=O) groups excluding carboxylic acids is 1. The highest BCUT2D eigenvalue weighted by Gasteiger charge is 2.54. The van der Waals surface area contributed by atoms with E-state index in [0.717, 1.165) is 0 Å². The number of nitrogen functional groups attached to an aromatic ring is 1. The molecule has 5 rings (SSSR count). The van der Waals surface area contributed by atoms with Crippen molar-refractivity contribution in [2.24, 2.45) is 0 Å². The molecule has 0 saturated carbocycles. The van der Waals surface area contributed by atoms with E-state index >= 15 is 0 Å². The predicted octanol–water partition coefficient (Wildman–Crippen LogP) is 3.25. The lowest BCUT2D eigenvalue weighted by atomic mass is 9.77. The van der Waals surface area contributed by atoms with Gasteiger partial charge in [0.25, 0.3) is 0 Å². The summed E-state index contributed by atoms with van der Waals surface area (Å²) in [6.07, 6.45) is 0. The van der Waals surface area contributed by atoms with Gasteiger partial charge in [-0.3, -0.25) is 0 Å². The third kappa shape index (κ3) is 1.68. The highest BCUT2D eigenvalue weighted by atomic mass is 16.6. The second-order valence-corrected chi connectivity index (χ2v) is 6.30. The first kappa shape index (κ1) is 14.7. The van der Waals surface area contributed by atoms with Crippen molar-refractivity contribution in [3.8, 4) is 23.0 Å². The summed E-state index contributed by atoms with van der Waals surface area (Å²) >= 11 is 0. The van der Waals surface area contributed by atoms with Crippen LogP contribution in [0.2, 0.25) is 0 Å². The molecular formula is C20H13NO5. The maximum Gasteiger partial charge on any atom is 0.342 e. The molecule has 6 heteroatoms. The Hall–Kier alpha value is -3.67. The molecule has 0 amide bonds. The van der Waals surface area contributed by atoms with Crippen molar-refractivity contribution in [1.82, 2.24) is 0 Å². The topological polar surface area (TPSA) is 102 Å². The number of benzene rings is 3. The van der Waals surface area contributed by atoms with E-state index in [1.165, 1.54) is 24.3 Å². The number of hydrogen-bond donors (Lipinski definition) is 3. The highest BCUT2D eigenvalue weighted by Crippen LogP contribution is 2.57. The normalized spacial score (nSPS) is 15.6. The average molecular weight is 347 g/mol. The fourth-order valence-electron chi connectivity index (χ4n) is 3.77. The van der Waals surface area contributed by atoms with E-state index in [1.54, 1.807) is 30.3 Å². The van der Waals surface area contributed by atoms with Crippen LogP contribution in [-0.4, -0.2) is 16.2 Å². The molecule has 4 N–H and O–H groups in total. The number of hydrogen-bond acceptors (Lipinski definition) is 6. The molecule has 0 aliphatic carbocycles. The summed E-state index contributed by atoms with van der Waals surface area (Å²) in [6, 6.07) is 14.4. The van der Waals surface area contributed by atoms with Crippen LogP contribution >= 0.6 is 0 Å². The summed E-state index contributed by atoms with van der Waals surface area (Å²) in [4.78, 5) is 12.7. The second-order valence-electron chi connectivity index (χ2n) is 6.30. The number of ether oxygens (including phenoxy) is 2. The number of phenols is 2. The van der Waals surface area contributed by atoms with Gasteiger partial charge in [0.15, 0.2) is 5.60 Å². The van der Waals surface area contributed by atoms with Gasteiger partial charge in [-0.2, -0.15) is 0 Å². The first-order valence-corrected chi connectivity index (χ1v) is 7.98. The van der Waals surface area contributed by atoms with Gasteiger partial charge in [-0.25, -0.2) is 4.79 Å². The van der Waals surface area contributed by atoms with Crippen LogP contribution in [-0.2, 0) is 10.3 Å². The summed E-state index contributed by atoms with van der Waals surface area (Å²) < 4.78 is 11.8. The molecule has 0 radical (unpaired) electrons. The molecule has 1 spiro atoms. The number of esters is 1. The van der Waals surface area contributed by atoms with Crippen LogP contribution in [0.5, 0.6) is 23.0 Å². The van der Waals surface area contributed by atoms with Crippen molar-refractivity contribution in [3.63, 3.8) is 0 Å². The minimum atomic E-state index is -1.26. The monoisotopic (exact) mass is 347 g/mol. The van der Waals surface area contributed by atoms with Crippen LogP contribution in [0.25, 0.3) is 0 Å². The van der Waals surface area contributed by atoms with Crippen LogP contribution in [0, 0.1) is 0 Å². The van der Waals surface area contributed by atoms with Crippen molar-refractivity contribution in [2.45, 2.75) is 5.60 Å². The first-order valence-electron chi connectivity index (χ1n) is 7.98.